The topological polar surface area (TPSA) is 60.0 Å². The molecule has 0 saturated heterocycles. The highest BCUT2D eigenvalue weighted by Gasteiger charge is 2.05. The van der Waals surface area contributed by atoms with Crippen molar-refractivity contribution in [1.82, 2.24) is 0 Å². The maximum Gasteiger partial charge on any atom is 0.180 e. The average Bonchev–Trinajstić information content (AvgIpc) is 2.74. The Labute approximate surface area is 172 Å². The van der Waals surface area contributed by atoms with Gasteiger partial charge in [-0.05, 0) is 53.6 Å². The van der Waals surface area contributed by atoms with Crippen molar-refractivity contribution >= 4 is 23.1 Å². The molecule has 0 aromatic heterocycles. The molecule has 0 heterocycles. The number of nitrogens with two attached hydrogens (primary N) is 1. The summed E-state index contributed by atoms with van der Waals surface area (Å²) in [5.74, 6) is 0.255. The molecule has 0 amide bonds. The fourth-order valence-corrected chi connectivity index (χ4v) is 2.99. The minimum absolute atomic E-state index is 0.0590. The summed E-state index contributed by atoms with van der Waals surface area (Å²) < 4.78 is 32.3. The van der Waals surface area contributed by atoms with E-state index in [9.17, 15) is 8.78 Å². The van der Waals surface area contributed by atoms with E-state index < -0.39 is 11.6 Å². The number of ether oxygens (including phenoxy) is 1. The molecule has 29 heavy (non-hydrogen) atoms. The zero-order valence-electron chi connectivity index (χ0n) is 15.5. The summed E-state index contributed by atoms with van der Waals surface area (Å²) in [6, 6.07) is 20.2. The summed E-state index contributed by atoms with van der Waals surface area (Å²) in [4.78, 5) is 0. The standard InChI is InChI=1S/C22H19F2N3OS/c23-19-8-11-21(24)18(12-19)14-28-20-9-6-16(7-10-20)13-26-27-22(25)29-15-17-4-2-1-3-5-17/h1-13H,14-15H2,(H2,25,27). The van der Waals surface area contributed by atoms with Crippen molar-refractivity contribution in [2.75, 3.05) is 0 Å². The SMILES string of the molecule is NC(=NN=Cc1ccc(OCc2cc(F)ccc2F)cc1)SCc1ccccc1. The van der Waals surface area contributed by atoms with Gasteiger partial charge in [0.25, 0.3) is 0 Å². The molecule has 3 aromatic carbocycles. The third kappa shape index (κ3) is 6.73. The molecule has 0 aliphatic heterocycles. The van der Waals surface area contributed by atoms with Crippen LogP contribution in [0.2, 0.25) is 0 Å². The summed E-state index contributed by atoms with van der Waals surface area (Å²) in [7, 11) is 0. The Hall–Kier alpha value is -3.19. The summed E-state index contributed by atoms with van der Waals surface area (Å²) in [5.41, 5.74) is 7.97. The first kappa shape index (κ1) is 20.5. The van der Waals surface area contributed by atoms with E-state index in [2.05, 4.69) is 10.2 Å². The second kappa shape index (κ2) is 10.4. The van der Waals surface area contributed by atoms with Crippen LogP contribution in [0.15, 0.2) is 83.0 Å². The maximum atomic E-state index is 13.6. The highest BCUT2D eigenvalue weighted by molar-refractivity contribution is 8.13. The monoisotopic (exact) mass is 411 g/mol. The van der Waals surface area contributed by atoms with Gasteiger partial charge in [-0.25, -0.2) is 8.78 Å². The van der Waals surface area contributed by atoms with E-state index in [1.165, 1.54) is 11.8 Å². The maximum absolute atomic E-state index is 13.6. The Morgan fingerprint density at radius 1 is 1.00 bits per heavy atom. The van der Waals surface area contributed by atoms with Gasteiger partial charge in [-0.2, -0.15) is 5.10 Å². The molecule has 0 saturated carbocycles. The Morgan fingerprint density at radius 3 is 2.52 bits per heavy atom. The van der Waals surface area contributed by atoms with Gasteiger partial charge in [0.15, 0.2) is 5.17 Å². The summed E-state index contributed by atoms with van der Waals surface area (Å²) in [5, 5.41) is 8.33. The molecule has 0 aliphatic carbocycles. The highest BCUT2D eigenvalue weighted by atomic mass is 32.2. The first-order chi connectivity index (χ1) is 14.1. The van der Waals surface area contributed by atoms with Gasteiger partial charge in [0, 0.05) is 11.3 Å². The van der Waals surface area contributed by atoms with Crippen LogP contribution in [-0.4, -0.2) is 11.4 Å². The fourth-order valence-electron chi connectivity index (χ4n) is 2.38. The van der Waals surface area contributed by atoms with Crippen LogP contribution >= 0.6 is 11.8 Å². The number of hydrogen-bond acceptors (Lipinski definition) is 4. The van der Waals surface area contributed by atoms with Gasteiger partial charge in [0.1, 0.15) is 24.0 Å². The molecule has 0 bridgehead atoms. The first-order valence-corrected chi connectivity index (χ1v) is 9.79. The lowest BCUT2D eigenvalue weighted by atomic mass is 10.2. The minimum atomic E-state index is -0.504. The molecule has 0 spiro atoms. The van der Waals surface area contributed by atoms with Crippen LogP contribution in [0.25, 0.3) is 0 Å². The van der Waals surface area contributed by atoms with E-state index in [0.29, 0.717) is 10.9 Å². The molecule has 148 valence electrons. The Kier molecular flexibility index (Phi) is 7.35. The molecule has 0 fully saturated rings. The fraction of sp³-hybridized carbons (Fsp3) is 0.0909. The van der Waals surface area contributed by atoms with Gasteiger partial charge >= 0.3 is 0 Å². The highest BCUT2D eigenvalue weighted by Crippen LogP contribution is 2.16. The summed E-state index contributed by atoms with van der Waals surface area (Å²) in [6.45, 7) is -0.0590. The zero-order chi connectivity index (χ0) is 20.5. The van der Waals surface area contributed by atoms with Crippen molar-refractivity contribution in [3.63, 3.8) is 0 Å². The van der Waals surface area contributed by atoms with Crippen molar-refractivity contribution in [2.24, 2.45) is 15.9 Å². The molecular formula is C22H19F2N3OS. The minimum Gasteiger partial charge on any atom is -0.489 e. The number of rotatable bonds is 7. The van der Waals surface area contributed by atoms with Crippen LogP contribution < -0.4 is 10.5 Å². The van der Waals surface area contributed by atoms with E-state index in [1.807, 2.05) is 30.3 Å². The number of benzene rings is 3. The van der Waals surface area contributed by atoms with Crippen LogP contribution in [0.3, 0.4) is 0 Å². The first-order valence-electron chi connectivity index (χ1n) is 8.80. The molecule has 4 nitrogen and oxygen atoms in total. The van der Waals surface area contributed by atoms with E-state index in [0.717, 1.165) is 35.1 Å². The summed E-state index contributed by atoms with van der Waals surface area (Å²) in [6.07, 6.45) is 1.58. The molecule has 7 heteroatoms. The van der Waals surface area contributed by atoms with Crippen LogP contribution in [0, 0.1) is 11.6 Å². The summed E-state index contributed by atoms with van der Waals surface area (Å²) >= 11 is 1.41. The lowest BCUT2D eigenvalue weighted by molar-refractivity contribution is 0.299. The number of hydrogen-bond donors (Lipinski definition) is 1. The Balaban J connectivity index is 1.49. The van der Waals surface area contributed by atoms with E-state index in [-0.39, 0.29) is 12.2 Å². The van der Waals surface area contributed by atoms with Crippen molar-refractivity contribution < 1.29 is 13.5 Å². The lowest BCUT2D eigenvalue weighted by Gasteiger charge is -2.07. The van der Waals surface area contributed by atoms with Gasteiger partial charge < -0.3 is 10.5 Å². The van der Waals surface area contributed by atoms with Crippen molar-refractivity contribution in [1.29, 1.82) is 0 Å². The van der Waals surface area contributed by atoms with Gasteiger partial charge in [0.05, 0.1) is 6.21 Å². The zero-order valence-corrected chi connectivity index (χ0v) is 16.3. The largest absolute Gasteiger partial charge is 0.489 e. The second-order valence-electron chi connectivity index (χ2n) is 6.05. The van der Waals surface area contributed by atoms with E-state index in [4.69, 9.17) is 10.5 Å². The Bertz CT molecular complexity index is 993. The molecule has 0 radical (unpaired) electrons. The van der Waals surface area contributed by atoms with Gasteiger partial charge in [-0.15, -0.1) is 5.10 Å². The van der Waals surface area contributed by atoms with Gasteiger partial charge in [0.2, 0.25) is 0 Å². The Morgan fingerprint density at radius 2 is 1.76 bits per heavy atom. The smallest absolute Gasteiger partial charge is 0.180 e. The molecular weight excluding hydrogens is 392 g/mol. The van der Waals surface area contributed by atoms with Crippen LogP contribution in [0.1, 0.15) is 16.7 Å². The van der Waals surface area contributed by atoms with E-state index in [1.54, 1.807) is 30.5 Å². The van der Waals surface area contributed by atoms with Crippen molar-refractivity contribution in [3.8, 4) is 5.75 Å². The third-order valence-electron chi connectivity index (χ3n) is 3.87. The van der Waals surface area contributed by atoms with Crippen LogP contribution in [0.5, 0.6) is 5.75 Å². The second-order valence-corrected chi connectivity index (χ2v) is 7.05. The third-order valence-corrected chi connectivity index (χ3v) is 4.73. The molecule has 3 rings (SSSR count). The van der Waals surface area contributed by atoms with E-state index >= 15 is 0 Å². The molecule has 0 unspecified atom stereocenters. The van der Waals surface area contributed by atoms with Gasteiger partial charge in [-0.1, -0.05) is 42.1 Å². The number of amidine groups is 1. The molecule has 0 atom stereocenters. The van der Waals surface area contributed by atoms with Crippen molar-refractivity contribution in [3.05, 3.63) is 101 Å². The van der Waals surface area contributed by atoms with Crippen molar-refractivity contribution in [2.45, 2.75) is 12.4 Å². The number of nitrogens with zero attached hydrogens (tertiary/aromatic N) is 2. The predicted octanol–water partition coefficient (Wildman–Crippen LogP) is 5.13. The molecule has 2 N–H and O–H groups in total. The number of thioether (sulfide) groups is 1. The van der Waals surface area contributed by atoms with Crippen LogP contribution in [-0.2, 0) is 12.4 Å². The number of halogens is 2. The average molecular weight is 411 g/mol. The lowest BCUT2D eigenvalue weighted by Crippen LogP contribution is -2.06. The van der Waals surface area contributed by atoms with Gasteiger partial charge in [-0.3, -0.25) is 0 Å². The predicted molar refractivity (Wildman–Crippen MR) is 114 cm³/mol. The molecule has 0 aliphatic rings. The molecule has 3 aromatic rings. The van der Waals surface area contributed by atoms with Crippen LogP contribution in [0.4, 0.5) is 8.78 Å². The quantitative estimate of drug-likeness (QED) is 0.333. The normalized spacial score (nSPS) is 11.7.